The van der Waals surface area contributed by atoms with Gasteiger partial charge in [0.2, 0.25) is 0 Å². The summed E-state index contributed by atoms with van der Waals surface area (Å²) in [5.41, 5.74) is 3.86. The lowest BCUT2D eigenvalue weighted by atomic mass is 10.1. The van der Waals surface area contributed by atoms with Gasteiger partial charge in [-0.3, -0.25) is 0 Å². The lowest BCUT2D eigenvalue weighted by Gasteiger charge is -1.99. The second-order valence-corrected chi connectivity index (χ2v) is 6.15. The molecule has 0 aliphatic rings. The van der Waals surface area contributed by atoms with Crippen LogP contribution < -0.4 is 0 Å². The molecule has 0 radical (unpaired) electrons. The van der Waals surface area contributed by atoms with E-state index < -0.39 is 0 Å². The molecule has 23 heavy (non-hydrogen) atoms. The van der Waals surface area contributed by atoms with Gasteiger partial charge in [0.15, 0.2) is 0 Å². The van der Waals surface area contributed by atoms with E-state index in [0.717, 1.165) is 33.2 Å². The number of aromatic nitrogens is 2. The topological polar surface area (TPSA) is 48.9 Å². The van der Waals surface area contributed by atoms with Crippen molar-refractivity contribution in [3.05, 3.63) is 72.1 Å². The molecule has 0 amide bonds. The predicted molar refractivity (Wildman–Crippen MR) is 94.4 cm³/mol. The van der Waals surface area contributed by atoms with Crippen LogP contribution in [0.15, 0.2) is 72.1 Å². The molecule has 2 aromatic heterocycles. The van der Waals surface area contributed by atoms with E-state index in [1.165, 1.54) is 0 Å². The number of rotatable bonds is 3. The zero-order valence-electron chi connectivity index (χ0n) is 12.2. The second kappa shape index (κ2) is 5.74. The molecule has 2 aromatic carbocycles. The molecule has 3 nitrogen and oxygen atoms in total. The number of phenolic OH excluding ortho intramolecular Hbond substituents is 1. The van der Waals surface area contributed by atoms with E-state index in [4.69, 9.17) is 4.98 Å². The number of aromatic amines is 1. The fourth-order valence-corrected chi connectivity index (χ4v) is 3.29. The minimum atomic E-state index is 0.234. The van der Waals surface area contributed by atoms with Crippen molar-refractivity contribution in [2.75, 3.05) is 0 Å². The molecule has 0 bridgehead atoms. The molecule has 0 aliphatic heterocycles. The number of hydrogen-bond donors (Lipinski definition) is 2. The maximum atomic E-state index is 9.71. The van der Waals surface area contributed by atoms with Crippen molar-refractivity contribution in [1.29, 1.82) is 0 Å². The lowest BCUT2D eigenvalue weighted by molar-refractivity contribution is 0.475. The first kappa shape index (κ1) is 13.8. The monoisotopic (exact) mass is 318 g/mol. The third kappa shape index (κ3) is 2.64. The SMILES string of the molecule is Oc1cccc(-c2nc(-c3ccccc3)c(-c3cccs3)[nH]2)c1. The van der Waals surface area contributed by atoms with Crippen molar-refractivity contribution in [2.24, 2.45) is 0 Å². The highest BCUT2D eigenvalue weighted by Gasteiger charge is 2.15. The zero-order chi connectivity index (χ0) is 15.6. The fourth-order valence-electron chi connectivity index (χ4n) is 2.57. The Bertz CT molecular complexity index is 927. The van der Waals surface area contributed by atoms with E-state index in [9.17, 15) is 5.11 Å². The molecule has 112 valence electrons. The maximum Gasteiger partial charge on any atom is 0.138 e. The van der Waals surface area contributed by atoms with Gasteiger partial charge in [0.05, 0.1) is 16.3 Å². The van der Waals surface area contributed by atoms with Crippen molar-refractivity contribution >= 4 is 11.3 Å². The van der Waals surface area contributed by atoms with E-state index >= 15 is 0 Å². The number of nitrogens with zero attached hydrogens (tertiary/aromatic N) is 1. The summed E-state index contributed by atoms with van der Waals surface area (Å²) >= 11 is 1.68. The zero-order valence-corrected chi connectivity index (χ0v) is 13.0. The van der Waals surface area contributed by atoms with E-state index in [-0.39, 0.29) is 5.75 Å². The summed E-state index contributed by atoms with van der Waals surface area (Å²) in [6.07, 6.45) is 0. The summed E-state index contributed by atoms with van der Waals surface area (Å²) in [7, 11) is 0. The Hall–Kier alpha value is -2.85. The number of aromatic hydroxyl groups is 1. The molecule has 4 aromatic rings. The molecule has 4 rings (SSSR count). The lowest BCUT2D eigenvalue weighted by Crippen LogP contribution is -1.81. The minimum Gasteiger partial charge on any atom is -0.508 e. The van der Waals surface area contributed by atoms with Gasteiger partial charge in [-0.05, 0) is 23.6 Å². The number of H-pyrrole nitrogens is 1. The van der Waals surface area contributed by atoms with E-state index in [1.807, 2.05) is 36.4 Å². The van der Waals surface area contributed by atoms with Crippen LogP contribution in [0.5, 0.6) is 5.75 Å². The third-order valence-electron chi connectivity index (χ3n) is 3.64. The highest BCUT2D eigenvalue weighted by atomic mass is 32.1. The average Bonchev–Trinajstić information content (AvgIpc) is 3.25. The Labute approximate surface area is 137 Å². The Morgan fingerprint density at radius 2 is 1.70 bits per heavy atom. The summed E-state index contributed by atoms with van der Waals surface area (Å²) < 4.78 is 0. The van der Waals surface area contributed by atoms with E-state index in [2.05, 4.69) is 28.6 Å². The smallest absolute Gasteiger partial charge is 0.138 e. The molecule has 0 fully saturated rings. The van der Waals surface area contributed by atoms with Gasteiger partial charge in [0.25, 0.3) is 0 Å². The van der Waals surface area contributed by atoms with E-state index in [1.54, 1.807) is 23.5 Å². The van der Waals surface area contributed by atoms with Gasteiger partial charge in [-0.15, -0.1) is 11.3 Å². The minimum absolute atomic E-state index is 0.234. The van der Waals surface area contributed by atoms with Crippen LogP contribution in [0.4, 0.5) is 0 Å². The molecule has 0 unspecified atom stereocenters. The first-order valence-electron chi connectivity index (χ1n) is 7.30. The first-order chi connectivity index (χ1) is 11.3. The Balaban J connectivity index is 1.91. The Kier molecular flexibility index (Phi) is 3.44. The van der Waals surface area contributed by atoms with Gasteiger partial charge >= 0.3 is 0 Å². The number of nitrogens with one attached hydrogen (secondary N) is 1. The highest BCUT2D eigenvalue weighted by molar-refractivity contribution is 7.13. The second-order valence-electron chi connectivity index (χ2n) is 5.20. The van der Waals surface area contributed by atoms with Crippen LogP contribution in [-0.4, -0.2) is 15.1 Å². The van der Waals surface area contributed by atoms with Gasteiger partial charge in [0.1, 0.15) is 11.6 Å². The molecule has 0 aliphatic carbocycles. The molecule has 0 spiro atoms. The van der Waals surface area contributed by atoms with Crippen LogP contribution in [0.25, 0.3) is 33.2 Å². The number of phenols is 1. The van der Waals surface area contributed by atoms with Gasteiger partial charge in [0, 0.05) is 11.1 Å². The van der Waals surface area contributed by atoms with Crippen molar-refractivity contribution < 1.29 is 5.11 Å². The Morgan fingerprint density at radius 3 is 2.43 bits per heavy atom. The molecule has 4 heteroatoms. The molecular formula is C19H14N2OS. The molecule has 2 heterocycles. The number of thiophene rings is 1. The first-order valence-corrected chi connectivity index (χ1v) is 8.18. The summed E-state index contributed by atoms with van der Waals surface area (Å²) in [5, 5.41) is 11.8. The summed E-state index contributed by atoms with van der Waals surface area (Å²) in [5.74, 6) is 0.987. The maximum absolute atomic E-state index is 9.71. The van der Waals surface area contributed by atoms with Crippen LogP contribution in [0, 0.1) is 0 Å². The molecular weight excluding hydrogens is 304 g/mol. The van der Waals surface area contributed by atoms with Crippen molar-refractivity contribution in [2.45, 2.75) is 0 Å². The van der Waals surface area contributed by atoms with Gasteiger partial charge in [-0.1, -0.05) is 48.5 Å². The normalized spacial score (nSPS) is 10.8. The van der Waals surface area contributed by atoms with Crippen molar-refractivity contribution in [3.8, 4) is 39.0 Å². The summed E-state index contributed by atoms with van der Waals surface area (Å²) in [6.45, 7) is 0. The highest BCUT2D eigenvalue weighted by Crippen LogP contribution is 2.35. The third-order valence-corrected chi connectivity index (χ3v) is 4.53. The predicted octanol–water partition coefficient (Wildman–Crippen LogP) is 5.18. The number of imidazole rings is 1. The van der Waals surface area contributed by atoms with Crippen LogP contribution in [-0.2, 0) is 0 Å². The van der Waals surface area contributed by atoms with Crippen LogP contribution >= 0.6 is 11.3 Å². The van der Waals surface area contributed by atoms with Gasteiger partial charge < -0.3 is 10.1 Å². The molecule has 0 saturated heterocycles. The van der Waals surface area contributed by atoms with Crippen LogP contribution in [0.3, 0.4) is 0 Å². The average molecular weight is 318 g/mol. The Morgan fingerprint density at radius 1 is 0.870 bits per heavy atom. The van der Waals surface area contributed by atoms with Gasteiger partial charge in [-0.2, -0.15) is 0 Å². The summed E-state index contributed by atoms with van der Waals surface area (Å²) in [6, 6.07) is 21.4. The van der Waals surface area contributed by atoms with Crippen LogP contribution in [0.1, 0.15) is 0 Å². The molecule has 0 atom stereocenters. The van der Waals surface area contributed by atoms with Crippen molar-refractivity contribution in [1.82, 2.24) is 9.97 Å². The number of hydrogen-bond acceptors (Lipinski definition) is 3. The molecule has 0 saturated carbocycles. The van der Waals surface area contributed by atoms with Gasteiger partial charge in [-0.25, -0.2) is 4.98 Å². The largest absolute Gasteiger partial charge is 0.508 e. The van der Waals surface area contributed by atoms with Crippen molar-refractivity contribution in [3.63, 3.8) is 0 Å². The van der Waals surface area contributed by atoms with Crippen LogP contribution in [0.2, 0.25) is 0 Å². The molecule has 2 N–H and O–H groups in total. The standard InChI is InChI=1S/C19H14N2OS/c22-15-9-4-8-14(12-15)19-20-17(13-6-2-1-3-7-13)18(21-19)16-10-5-11-23-16/h1-12,22H,(H,20,21). The summed E-state index contributed by atoms with van der Waals surface area (Å²) in [4.78, 5) is 9.34. The number of benzene rings is 2. The van der Waals surface area contributed by atoms with E-state index in [0.29, 0.717) is 0 Å². The quantitative estimate of drug-likeness (QED) is 0.547. The fraction of sp³-hybridized carbons (Fsp3) is 0.